The molecule has 5 nitrogen and oxygen atoms in total. The number of benzene rings is 1. The fourth-order valence-corrected chi connectivity index (χ4v) is 2.23. The van der Waals surface area contributed by atoms with Gasteiger partial charge in [0.2, 0.25) is 0 Å². The highest BCUT2D eigenvalue weighted by molar-refractivity contribution is 6.30. The summed E-state index contributed by atoms with van der Waals surface area (Å²) in [5.74, 6) is 0.344. The van der Waals surface area contributed by atoms with Gasteiger partial charge in [-0.3, -0.25) is 4.79 Å². The van der Waals surface area contributed by atoms with Crippen LogP contribution in [0.25, 0.3) is 11.3 Å². The number of aromatic nitrogens is 1. The second-order valence-corrected chi connectivity index (χ2v) is 6.55. The molecule has 118 valence electrons. The molecule has 0 saturated heterocycles. The van der Waals surface area contributed by atoms with Crippen LogP contribution in [0.1, 0.15) is 24.3 Å². The summed E-state index contributed by atoms with van der Waals surface area (Å²) in [7, 11) is 1.73. The molecule has 1 aromatic heterocycles. The minimum atomic E-state index is -0.189. The van der Waals surface area contributed by atoms with Gasteiger partial charge >= 0.3 is 0 Å². The van der Waals surface area contributed by atoms with Crippen molar-refractivity contribution < 1.29 is 9.32 Å². The summed E-state index contributed by atoms with van der Waals surface area (Å²) in [6.07, 6.45) is 0. The molecule has 1 aromatic carbocycles. The second-order valence-electron chi connectivity index (χ2n) is 6.11. The Morgan fingerprint density at radius 3 is 2.59 bits per heavy atom. The molecular formula is C16H20ClN3O2. The number of carbonyl (C=O) groups is 1. The Labute approximate surface area is 135 Å². The average Bonchev–Trinajstić information content (AvgIpc) is 2.96. The summed E-state index contributed by atoms with van der Waals surface area (Å²) < 4.78 is 5.25. The fraction of sp³-hybridized carbons (Fsp3) is 0.375. The molecule has 0 aliphatic carbocycles. The van der Waals surface area contributed by atoms with Crippen LogP contribution in [0.4, 0.5) is 0 Å². The van der Waals surface area contributed by atoms with Crippen molar-refractivity contribution in [1.29, 1.82) is 0 Å². The molecule has 22 heavy (non-hydrogen) atoms. The minimum absolute atomic E-state index is 0.146. The monoisotopic (exact) mass is 321 g/mol. The van der Waals surface area contributed by atoms with E-state index in [9.17, 15) is 4.79 Å². The molecule has 0 atom stereocenters. The SMILES string of the molecule is CN(CC(C)(C)CN)C(=O)c1cc(-c2ccc(Cl)cc2)on1. The lowest BCUT2D eigenvalue weighted by molar-refractivity contribution is 0.0730. The first-order chi connectivity index (χ1) is 10.3. The van der Waals surface area contributed by atoms with E-state index in [0.717, 1.165) is 5.56 Å². The standard InChI is InChI=1S/C16H20ClN3O2/c1-16(2,9-18)10-20(3)15(21)13-8-14(22-19-13)11-4-6-12(17)7-5-11/h4-8H,9-10,18H2,1-3H3. The topological polar surface area (TPSA) is 72.4 Å². The van der Waals surface area contributed by atoms with Crippen LogP contribution in [0, 0.1) is 5.41 Å². The summed E-state index contributed by atoms with van der Waals surface area (Å²) in [6.45, 7) is 5.07. The number of hydrogen-bond acceptors (Lipinski definition) is 4. The van der Waals surface area contributed by atoms with E-state index in [-0.39, 0.29) is 17.0 Å². The average molecular weight is 322 g/mol. The van der Waals surface area contributed by atoms with Crippen molar-refractivity contribution in [2.45, 2.75) is 13.8 Å². The van der Waals surface area contributed by atoms with Gasteiger partial charge in [0.15, 0.2) is 11.5 Å². The first kappa shape index (κ1) is 16.5. The maximum atomic E-state index is 12.4. The minimum Gasteiger partial charge on any atom is -0.355 e. The third kappa shape index (κ3) is 3.87. The fourth-order valence-electron chi connectivity index (χ4n) is 2.10. The van der Waals surface area contributed by atoms with Gasteiger partial charge in [-0.15, -0.1) is 0 Å². The van der Waals surface area contributed by atoms with Crippen LogP contribution in [0.5, 0.6) is 0 Å². The molecule has 0 radical (unpaired) electrons. The number of amides is 1. The maximum absolute atomic E-state index is 12.4. The van der Waals surface area contributed by atoms with E-state index in [0.29, 0.717) is 23.9 Å². The largest absolute Gasteiger partial charge is 0.355 e. The highest BCUT2D eigenvalue weighted by atomic mass is 35.5. The molecule has 0 saturated carbocycles. The third-order valence-electron chi connectivity index (χ3n) is 3.42. The van der Waals surface area contributed by atoms with Gasteiger partial charge in [0.05, 0.1) is 0 Å². The third-order valence-corrected chi connectivity index (χ3v) is 3.67. The molecule has 1 heterocycles. The Kier molecular flexibility index (Phi) is 4.88. The number of carbonyl (C=O) groups excluding carboxylic acids is 1. The number of rotatable bonds is 5. The molecule has 2 aromatic rings. The first-order valence-electron chi connectivity index (χ1n) is 7.00. The van der Waals surface area contributed by atoms with E-state index < -0.39 is 0 Å². The van der Waals surface area contributed by atoms with Crippen LogP contribution in [0.15, 0.2) is 34.9 Å². The molecule has 0 bridgehead atoms. The highest BCUT2D eigenvalue weighted by Crippen LogP contribution is 2.23. The highest BCUT2D eigenvalue weighted by Gasteiger charge is 2.24. The molecule has 0 aliphatic heterocycles. The number of halogens is 1. The predicted molar refractivity (Wildman–Crippen MR) is 86.7 cm³/mol. The summed E-state index contributed by atoms with van der Waals surface area (Å²) in [5, 5.41) is 4.50. The number of nitrogens with zero attached hydrogens (tertiary/aromatic N) is 2. The van der Waals surface area contributed by atoms with Crippen LogP contribution in [-0.4, -0.2) is 36.1 Å². The Morgan fingerprint density at radius 2 is 2.00 bits per heavy atom. The molecule has 6 heteroatoms. The van der Waals surface area contributed by atoms with E-state index in [1.165, 1.54) is 0 Å². The van der Waals surface area contributed by atoms with Gasteiger partial charge in [0.1, 0.15) is 0 Å². The van der Waals surface area contributed by atoms with Crippen LogP contribution < -0.4 is 5.73 Å². The summed E-state index contributed by atoms with van der Waals surface area (Å²) in [6, 6.07) is 8.79. The van der Waals surface area contributed by atoms with E-state index >= 15 is 0 Å². The van der Waals surface area contributed by atoms with Gasteiger partial charge < -0.3 is 15.2 Å². The van der Waals surface area contributed by atoms with Crippen molar-refractivity contribution in [3.05, 3.63) is 41.0 Å². The van der Waals surface area contributed by atoms with Gasteiger partial charge in [-0.1, -0.05) is 30.6 Å². The van der Waals surface area contributed by atoms with Crippen molar-refractivity contribution in [1.82, 2.24) is 10.1 Å². The van der Waals surface area contributed by atoms with E-state index in [1.807, 2.05) is 26.0 Å². The number of hydrogen-bond donors (Lipinski definition) is 1. The van der Waals surface area contributed by atoms with Gasteiger partial charge in [-0.05, 0) is 36.2 Å². The normalized spacial score (nSPS) is 11.5. The molecule has 0 unspecified atom stereocenters. The molecule has 0 aliphatic rings. The smallest absolute Gasteiger partial charge is 0.275 e. The lowest BCUT2D eigenvalue weighted by Gasteiger charge is -2.28. The Bertz CT molecular complexity index is 650. The van der Waals surface area contributed by atoms with Crippen molar-refractivity contribution in [2.75, 3.05) is 20.1 Å². The lowest BCUT2D eigenvalue weighted by Crippen LogP contribution is -2.39. The van der Waals surface area contributed by atoms with Crippen LogP contribution in [0.3, 0.4) is 0 Å². The summed E-state index contributed by atoms with van der Waals surface area (Å²) >= 11 is 5.85. The lowest BCUT2D eigenvalue weighted by atomic mass is 9.93. The van der Waals surface area contributed by atoms with Gasteiger partial charge in [-0.25, -0.2) is 0 Å². The van der Waals surface area contributed by atoms with Crippen molar-refractivity contribution in [3.8, 4) is 11.3 Å². The van der Waals surface area contributed by atoms with E-state index in [1.54, 1.807) is 30.1 Å². The van der Waals surface area contributed by atoms with E-state index in [2.05, 4.69) is 5.16 Å². The van der Waals surface area contributed by atoms with Gasteiger partial charge in [0, 0.05) is 30.2 Å². The summed E-state index contributed by atoms with van der Waals surface area (Å²) in [5.41, 5.74) is 6.66. The first-order valence-corrected chi connectivity index (χ1v) is 7.38. The van der Waals surface area contributed by atoms with Crippen molar-refractivity contribution in [2.24, 2.45) is 11.1 Å². The molecule has 0 fully saturated rings. The Balaban J connectivity index is 2.13. The van der Waals surface area contributed by atoms with Crippen LogP contribution in [-0.2, 0) is 0 Å². The maximum Gasteiger partial charge on any atom is 0.275 e. The Morgan fingerprint density at radius 1 is 1.36 bits per heavy atom. The predicted octanol–water partition coefficient (Wildman–Crippen LogP) is 3.05. The molecule has 2 rings (SSSR count). The number of nitrogens with two attached hydrogens (primary N) is 1. The molecule has 1 amide bonds. The zero-order valence-corrected chi connectivity index (χ0v) is 13.7. The zero-order valence-electron chi connectivity index (χ0n) is 13.0. The molecule has 2 N–H and O–H groups in total. The molecular weight excluding hydrogens is 302 g/mol. The van der Waals surface area contributed by atoms with Crippen molar-refractivity contribution in [3.63, 3.8) is 0 Å². The van der Waals surface area contributed by atoms with Crippen molar-refractivity contribution >= 4 is 17.5 Å². The van der Waals surface area contributed by atoms with Crippen LogP contribution >= 0.6 is 11.6 Å². The Hall–Kier alpha value is -1.85. The van der Waals surface area contributed by atoms with Crippen LogP contribution in [0.2, 0.25) is 5.02 Å². The summed E-state index contributed by atoms with van der Waals surface area (Å²) in [4.78, 5) is 14.0. The van der Waals surface area contributed by atoms with Gasteiger partial charge in [0.25, 0.3) is 5.91 Å². The zero-order chi connectivity index (χ0) is 16.3. The van der Waals surface area contributed by atoms with Gasteiger partial charge in [-0.2, -0.15) is 0 Å². The van der Waals surface area contributed by atoms with E-state index in [4.69, 9.17) is 21.9 Å². The second kappa shape index (κ2) is 6.50. The molecule has 0 spiro atoms. The quantitative estimate of drug-likeness (QED) is 0.918.